The highest BCUT2D eigenvalue weighted by molar-refractivity contribution is 5.64. The summed E-state index contributed by atoms with van der Waals surface area (Å²) in [6.45, 7) is 4.69. The van der Waals surface area contributed by atoms with E-state index in [-0.39, 0.29) is 11.5 Å². The number of nitrogens with one attached hydrogen (secondary N) is 1. The van der Waals surface area contributed by atoms with Crippen LogP contribution < -0.4 is 11.1 Å². The van der Waals surface area contributed by atoms with Crippen LogP contribution in [0.3, 0.4) is 0 Å². The highest BCUT2D eigenvalue weighted by Crippen LogP contribution is 2.16. The van der Waals surface area contributed by atoms with E-state index in [4.69, 9.17) is 15.9 Å². The van der Waals surface area contributed by atoms with E-state index in [2.05, 4.69) is 5.32 Å². The monoisotopic (exact) mass is 246 g/mol. The second-order valence-corrected chi connectivity index (χ2v) is 5.32. The van der Waals surface area contributed by atoms with Gasteiger partial charge in [0, 0.05) is 6.54 Å². The third-order valence-electron chi connectivity index (χ3n) is 2.85. The van der Waals surface area contributed by atoms with Gasteiger partial charge in [-0.25, -0.2) is 4.79 Å². The van der Waals surface area contributed by atoms with Crippen LogP contribution in [0.2, 0.25) is 0 Å². The highest BCUT2D eigenvalue weighted by Gasteiger charge is 2.15. The maximum absolute atomic E-state index is 10.0. The molecule has 0 aromatic heterocycles. The summed E-state index contributed by atoms with van der Waals surface area (Å²) in [6, 6.07) is 0. The van der Waals surface area contributed by atoms with Crippen LogP contribution in [0, 0.1) is 5.41 Å². The first-order chi connectivity index (χ1) is 7.87. The highest BCUT2D eigenvalue weighted by atomic mass is 16.4. The molecule has 1 aliphatic carbocycles. The maximum atomic E-state index is 10.0. The summed E-state index contributed by atoms with van der Waals surface area (Å²) >= 11 is 0. The predicted molar refractivity (Wildman–Crippen MR) is 68.0 cm³/mol. The summed E-state index contributed by atoms with van der Waals surface area (Å²) < 4.78 is 0. The lowest BCUT2D eigenvalue weighted by Gasteiger charge is -2.21. The first kappa shape index (κ1) is 16.2. The van der Waals surface area contributed by atoms with Crippen molar-refractivity contribution in [1.29, 1.82) is 0 Å². The Kier molecular flexibility index (Phi) is 7.91. The molecular formula is C12H26N2O3. The number of aliphatic hydroxyl groups excluding tert-OH is 1. The third kappa shape index (κ3) is 10.1. The number of aliphatic hydroxyl groups is 1. The Morgan fingerprint density at radius 2 is 1.88 bits per heavy atom. The molecule has 1 fully saturated rings. The smallest absolute Gasteiger partial charge is 0.404 e. The van der Waals surface area contributed by atoms with Crippen LogP contribution in [0.25, 0.3) is 0 Å². The van der Waals surface area contributed by atoms with Crippen molar-refractivity contribution in [2.45, 2.75) is 52.1 Å². The molecule has 5 heteroatoms. The molecule has 0 heterocycles. The van der Waals surface area contributed by atoms with Gasteiger partial charge in [-0.3, -0.25) is 0 Å². The zero-order valence-electron chi connectivity index (χ0n) is 10.9. The van der Waals surface area contributed by atoms with Crippen LogP contribution in [-0.2, 0) is 0 Å². The Morgan fingerprint density at radius 3 is 2.18 bits per heavy atom. The van der Waals surface area contributed by atoms with Crippen LogP contribution in [-0.4, -0.2) is 35.5 Å². The summed E-state index contributed by atoms with van der Waals surface area (Å²) in [7, 11) is 0. The Hall–Kier alpha value is -0.810. The fourth-order valence-electron chi connectivity index (χ4n) is 1.47. The fourth-order valence-corrected chi connectivity index (χ4v) is 1.47. The molecule has 1 saturated carbocycles. The van der Waals surface area contributed by atoms with Crippen LogP contribution >= 0.6 is 0 Å². The molecule has 5 N–H and O–H groups in total. The molecule has 1 rings (SSSR count). The van der Waals surface area contributed by atoms with Crippen molar-refractivity contribution in [3.05, 3.63) is 0 Å². The number of hydrogen-bond acceptors (Lipinski definition) is 3. The van der Waals surface area contributed by atoms with Gasteiger partial charge in [-0.2, -0.15) is 0 Å². The Balaban J connectivity index is 0.000000318. The van der Waals surface area contributed by atoms with Gasteiger partial charge in [0.15, 0.2) is 0 Å². The van der Waals surface area contributed by atoms with Crippen LogP contribution in [0.15, 0.2) is 0 Å². The number of hydrogen-bond donors (Lipinski definition) is 4. The average Bonchev–Trinajstić information content (AvgIpc) is 2.29. The summed E-state index contributed by atoms with van der Waals surface area (Å²) in [5, 5.41) is 19.4. The summed E-state index contributed by atoms with van der Waals surface area (Å²) in [5.74, 6) is 0. The van der Waals surface area contributed by atoms with Crippen molar-refractivity contribution in [3.63, 3.8) is 0 Å². The third-order valence-corrected chi connectivity index (χ3v) is 2.85. The predicted octanol–water partition coefficient (Wildman–Crippen LogP) is 1.55. The van der Waals surface area contributed by atoms with Gasteiger partial charge in [0.2, 0.25) is 0 Å². The molecular weight excluding hydrogens is 220 g/mol. The van der Waals surface area contributed by atoms with Crippen LogP contribution in [0.4, 0.5) is 4.79 Å². The molecule has 0 radical (unpaired) electrons. The summed E-state index contributed by atoms with van der Waals surface area (Å²) in [6.07, 6.45) is 4.93. The molecule has 0 aliphatic heterocycles. The van der Waals surface area contributed by atoms with Gasteiger partial charge in [-0.15, -0.1) is 0 Å². The molecule has 0 saturated heterocycles. The Labute approximate surface area is 103 Å². The van der Waals surface area contributed by atoms with Gasteiger partial charge >= 0.3 is 6.09 Å². The zero-order valence-corrected chi connectivity index (χ0v) is 10.9. The molecule has 0 bridgehead atoms. The van der Waals surface area contributed by atoms with E-state index in [0.717, 1.165) is 12.8 Å². The van der Waals surface area contributed by atoms with E-state index in [1.54, 1.807) is 0 Å². The molecule has 0 unspecified atom stereocenters. The van der Waals surface area contributed by atoms with E-state index in [1.807, 2.05) is 13.8 Å². The van der Waals surface area contributed by atoms with Crippen LogP contribution in [0.1, 0.15) is 46.0 Å². The summed E-state index contributed by atoms with van der Waals surface area (Å²) in [4.78, 5) is 10.0. The first-order valence-corrected chi connectivity index (χ1v) is 6.22. The first-order valence-electron chi connectivity index (χ1n) is 6.22. The molecule has 0 atom stereocenters. The lowest BCUT2D eigenvalue weighted by atomic mass is 9.94. The molecule has 1 aliphatic rings. The topological polar surface area (TPSA) is 95.6 Å². The van der Waals surface area contributed by atoms with Crippen LogP contribution in [0.5, 0.6) is 0 Å². The van der Waals surface area contributed by atoms with Crippen molar-refractivity contribution >= 4 is 6.09 Å². The van der Waals surface area contributed by atoms with E-state index >= 15 is 0 Å². The average molecular weight is 246 g/mol. The Morgan fingerprint density at radius 1 is 1.35 bits per heavy atom. The second kappa shape index (κ2) is 8.31. The van der Waals surface area contributed by atoms with Gasteiger partial charge < -0.3 is 21.3 Å². The quantitative estimate of drug-likeness (QED) is 0.607. The maximum Gasteiger partial charge on any atom is 0.404 e. The van der Waals surface area contributed by atoms with Gasteiger partial charge in [0.05, 0.1) is 6.10 Å². The molecule has 0 aromatic carbocycles. The molecule has 5 nitrogen and oxygen atoms in total. The largest absolute Gasteiger partial charge is 0.465 e. The minimum Gasteiger partial charge on any atom is -0.465 e. The van der Waals surface area contributed by atoms with Gasteiger partial charge in [0.25, 0.3) is 0 Å². The minimum atomic E-state index is -0.999. The number of nitrogens with two attached hydrogens (primary N) is 1. The SMILES string of the molecule is CC(C)(CN)CNC(=O)O.OC1CCCCC1. The van der Waals surface area contributed by atoms with Gasteiger partial charge in [-0.1, -0.05) is 33.1 Å². The van der Waals surface area contributed by atoms with E-state index in [0.29, 0.717) is 13.1 Å². The van der Waals surface area contributed by atoms with E-state index in [9.17, 15) is 4.79 Å². The Bertz CT molecular complexity index is 214. The normalized spacial score (nSPS) is 16.9. The number of carboxylic acid groups (broad SMARTS) is 1. The molecule has 17 heavy (non-hydrogen) atoms. The number of amides is 1. The number of carbonyl (C=O) groups is 1. The van der Waals surface area contributed by atoms with Crippen molar-refractivity contribution < 1.29 is 15.0 Å². The standard InChI is InChI=1S/C6H14N2O2.C6H12O/c1-6(2,3-7)4-8-5(9)10;7-6-4-2-1-3-5-6/h8H,3-4,7H2,1-2H3,(H,9,10);6-7H,1-5H2. The lowest BCUT2D eigenvalue weighted by molar-refractivity contribution is 0.130. The molecule has 0 aromatic rings. The fraction of sp³-hybridized carbons (Fsp3) is 0.917. The lowest BCUT2D eigenvalue weighted by Crippen LogP contribution is -2.37. The second-order valence-electron chi connectivity index (χ2n) is 5.32. The van der Waals surface area contributed by atoms with Gasteiger partial charge in [-0.05, 0) is 24.8 Å². The minimum absolute atomic E-state index is 0.0359. The van der Waals surface area contributed by atoms with E-state index in [1.165, 1.54) is 19.3 Å². The van der Waals surface area contributed by atoms with Crippen molar-refractivity contribution in [3.8, 4) is 0 Å². The molecule has 102 valence electrons. The zero-order chi connectivity index (χ0) is 13.3. The van der Waals surface area contributed by atoms with Crippen molar-refractivity contribution in [2.75, 3.05) is 13.1 Å². The summed E-state index contributed by atoms with van der Waals surface area (Å²) in [5.41, 5.74) is 5.22. The molecule has 0 spiro atoms. The van der Waals surface area contributed by atoms with Gasteiger partial charge in [0.1, 0.15) is 0 Å². The number of rotatable bonds is 3. The molecule has 1 amide bonds. The van der Waals surface area contributed by atoms with Crippen molar-refractivity contribution in [1.82, 2.24) is 5.32 Å². The van der Waals surface area contributed by atoms with Crippen molar-refractivity contribution in [2.24, 2.45) is 11.1 Å². The van der Waals surface area contributed by atoms with E-state index < -0.39 is 6.09 Å².